The maximum absolute atomic E-state index is 12.4. The molecule has 0 saturated carbocycles. The number of nitrogens with one attached hydrogen (secondary N) is 2. The van der Waals surface area contributed by atoms with Gasteiger partial charge in [0.15, 0.2) is 6.61 Å². The van der Waals surface area contributed by atoms with Gasteiger partial charge in [-0.15, -0.1) is 0 Å². The van der Waals surface area contributed by atoms with Crippen molar-refractivity contribution in [2.45, 2.75) is 0 Å². The Hall–Kier alpha value is -4.32. The zero-order valence-corrected chi connectivity index (χ0v) is 17.5. The molecule has 0 heterocycles. The molecular weight excluding hydrogens is 404 g/mol. The minimum absolute atomic E-state index is 0.117. The predicted octanol–water partition coefficient (Wildman–Crippen LogP) is 5.12. The highest BCUT2D eigenvalue weighted by atomic mass is 16.5. The van der Waals surface area contributed by atoms with Crippen molar-refractivity contribution in [3.63, 3.8) is 0 Å². The van der Waals surface area contributed by atoms with Crippen LogP contribution in [-0.2, 0) is 4.79 Å². The third-order valence-electron chi connectivity index (χ3n) is 4.89. The lowest BCUT2D eigenvalue weighted by Gasteiger charge is -2.10. The normalized spacial score (nSPS) is 10.4. The molecule has 32 heavy (non-hydrogen) atoms. The topological polar surface area (TPSA) is 76.7 Å². The lowest BCUT2D eigenvalue weighted by molar-refractivity contribution is -0.118. The van der Waals surface area contributed by atoms with Gasteiger partial charge in [-0.25, -0.2) is 0 Å². The third-order valence-corrected chi connectivity index (χ3v) is 4.89. The molecule has 6 nitrogen and oxygen atoms in total. The van der Waals surface area contributed by atoms with E-state index < -0.39 is 0 Å². The molecule has 2 N–H and O–H groups in total. The lowest BCUT2D eigenvalue weighted by Crippen LogP contribution is -2.20. The predicted molar refractivity (Wildman–Crippen MR) is 125 cm³/mol. The van der Waals surface area contributed by atoms with Crippen molar-refractivity contribution in [2.75, 3.05) is 24.4 Å². The van der Waals surface area contributed by atoms with Gasteiger partial charge in [-0.1, -0.05) is 36.4 Å². The molecule has 0 saturated heterocycles. The number of hydrogen-bond donors (Lipinski definition) is 2. The van der Waals surface area contributed by atoms with E-state index in [1.165, 1.54) is 0 Å². The molecule has 0 radical (unpaired) electrons. The van der Waals surface area contributed by atoms with Crippen molar-refractivity contribution in [2.24, 2.45) is 0 Å². The number of carbonyl (C=O) groups excluding carboxylic acids is 2. The lowest BCUT2D eigenvalue weighted by atomic mass is 10.1. The highest BCUT2D eigenvalue weighted by Crippen LogP contribution is 2.25. The van der Waals surface area contributed by atoms with Crippen molar-refractivity contribution >= 4 is 34.0 Å². The zero-order chi connectivity index (χ0) is 22.3. The van der Waals surface area contributed by atoms with Crippen molar-refractivity contribution in [1.29, 1.82) is 0 Å². The first-order chi connectivity index (χ1) is 15.6. The standard InChI is InChI=1S/C26H22N2O4/c1-31-22-15-13-21(14-16-22)28-26(30)19-9-11-20(12-10-19)27-25(29)17-32-24-8-4-6-18-5-2-3-7-23(18)24/h2-16H,17H2,1H3,(H,27,29)(H,28,30). The number of anilines is 2. The van der Waals surface area contributed by atoms with E-state index in [1.807, 2.05) is 42.5 Å². The van der Waals surface area contributed by atoms with E-state index in [4.69, 9.17) is 9.47 Å². The van der Waals surface area contributed by atoms with Gasteiger partial charge in [-0.2, -0.15) is 0 Å². The van der Waals surface area contributed by atoms with Crippen LogP contribution in [-0.4, -0.2) is 25.5 Å². The molecule has 0 aromatic heterocycles. The number of benzene rings is 4. The molecule has 0 unspecified atom stereocenters. The molecule has 0 atom stereocenters. The van der Waals surface area contributed by atoms with Gasteiger partial charge in [0.2, 0.25) is 0 Å². The summed E-state index contributed by atoms with van der Waals surface area (Å²) < 4.78 is 10.8. The number of ether oxygens (including phenoxy) is 2. The number of methoxy groups -OCH3 is 1. The minimum Gasteiger partial charge on any atom is -0.497 e. The minimum atomic E-state index is -0.284. The van der Waals surface area contributed by atoms with Crippen LogP contribution in [0.25, 0.3) is 10.8 Å². The molecule has 4 aromatic rings. The Balaban J connectivity index is 1.32. The second-order valence-electron chi connectivity index (χ2n) is 7.07. The molecule has 0 fully saturated rings. The van der Waals surface area contributed by atoms with Crippen LogP contribution in [0.2, 0.25) is 0 Å². The van der Waals surface area contributed by atoms with E-state index in [-0.39, 0.29) is 18.4 Å². The molecule has 4 aromatic carbocycles. The summed E-state index contributed by atoms with van der Waals surface area (Å²) in [6, 6.07) is 27.3. The first kappa shape index (κ1) is 20.9. The van der Waals surface area contributed by atoms with Gasteiger partial charge in [0.05, 0.1) is 7.11 Å². The van der Waals surface area contributed by atoms with E-state index in [1.54, 1.807) is 55.6 Å². The summed E-state index contributed by atoms with van der Waals surface area (Å²) in [4.78, 5) is 24.7. The molecule has 0 aliphatic carbocycles. The van der Waals surface area contributed by atoms with E-state index in [2.05, 4.69) is 10.6 Å². The van der Waals surface area contributed by atoms with Gasteiger partial charge in [0, 0.05) is 22.3 Å². The molecule has 4 rings (SSSR count). The van der Waals surface area contributed by atoms with Crippen LogP contribution in [0.4, 0.5) is 11.4 Å². The maximum atomic E-state index is 12.4. The first-order valence-corrected chi connectivity index (χ1v) is 10.1. The Morgan fingerprint density at radius 1 is 0.750 bits per heavy atom. The fourth-order valence-corrected chi connectivity index (χ4v) is 3.24. The molecule has 0 aliphatic rings. The molecule has 0 aliphatic heterocycles. The van der Waals surface area contributed by atoms with Crippen LogP contribution in [0, 0.1) is 0 Å². The van der Waals surface area contributed by atoms with Crippen LogP contribution < -0.4 is 20.1 Å². The Bertz CT molecular complexity index is 1230. The zero-order valence-electron chi connectivity index (χ0n) is 17.5. The highest BCUT2D eigenvalue weighted by molar-refractivity contribution is 6.04. The molecule has 0 bridgehead atoms. The van der Waals surface area contributed by atoms with Gasteiger partial charge in [0.25, 0.3) is 11.8 Å². The summed E-state index contributed by atoms with van der Waals surface area (Å²) in [6.45, 7) is -0.117. The van der Waals surface area contributed by atoms with Gasteiger partial charge >= 0.3 is 0 Å². The van der Waals surface area contributed by atoms with Crippen molar-refractivity contribution in [3.05, 3.63) is 96.6 Å². The first-order valence-electron chi connectivity index (χ1n) is 10.1. The van der Waals surface area contributed by atoms with E-state index >= 15 is 0 Å². The Morgan fingerprint density at radius 3 is 2.16 bits per heavy atom. The van der Waals surface area contributed by atoms with Crippen molar-refractivity contribution in [3.8, 4) is 11.5 Å². The van der Waals surface area contributed by atoms with Crippen molar-refractivity contribution < 1.29 is 19.1 Å². The largest absolute Gasteiger partial charge is 0.497 e. The highest BCUT2D eigenvalue weighted by Gasteiger charge is 2.09. The van der Waals surface area contributed by atoms with Crippen LogP contribution in [0.3, 0.4) is 0 Å². The summed E-state index contributed by atoms with van der Waals surface area (Å²) in [7, 11) is 1.59. The molecule has 6 heteroatoms. The Kier molecular flexibility index (Phi) is 6.32. The quantitative estimate of drug-likeness (QED) is 0.430. The number of rotatable bonds is 7. The smallest absolute Gasteiger partial charge is 0.262 e. The Morgan fingerprint density at radius 2 is 1.41 bits per heavy atom. The van der Waals surface area contributed by atoms with Crippen LogP contribution in [0.15, 0.2) is 91.0 Å². The summed E-state index contributed by atoms with van der Waals surface area (Å²) >= 11 is 0. The SMILES string of the molecule is COc1ccc(NC(=O)c2ccc(NC(=O)COc3cccc4ccccc34)cc2)cc1. The van der Waals surface area contributed by atoms with Gasteiger partial charge < -0.3 is 20.1 Å². The second kappa shape index (κ2) is 9.66. The number of amides is 2. The Labute approximate surface area is 185 Å². The average Bonchev–Trinajstić information content (AvgIpc) is 2.83. The number of carbonyl (C=O) groups is 2. The molecule has 0 spiro atoms. The third kappa shape index (κ3) is 5.05. The van der Waals surface area contributed by atoms with Crippen LogP contribution in [0.5, 0.6) is 11.5 Å². The van der Waals surface area contributed by atoms with Crippen LogP contribution >= 0.6 is 0 Å². The van der Waals surface area contributed by atoms with Gasteiger partial charge in [-0.3, -0.25) is 9.59 Å². The molecular formula is C26H22N2O4. The summed E-state index contributed by atoms with van der Waals surface area (Å²) in [5, 5.41) is 7.60. The summed E-state index contributed by atoms with van der Waals surface area (Å²) in [5.74, 6) is 0.844. The van der Waals surface area contributed by atoms with Gasteiger partial charge in [-0.05, 0) is 60.0 Å². The van der Waals surface area contributed by atoms with Crippen molar-refractivity contribution in [1.82, 2.24) is 0 Å². The van der Waals surface area contributed by atoms with E-state index in [0.717, 1.165) is 10.8 Å². The van der Waals surface area contributed by atoms with Gasteiger partial charge in [0.1, 0.15) is 11.5 Å². The fourth-order valence-electron chi connectivity index (χ4n) is 3.24. The van der Waals surface area contributed by atoms with Crippen LogP contribution in [0.1, 0.15) is 10.4 Å². The monoisotopic (exact) mass is 426 g/mol. The van der Waals surface area contributed by atoms with E-state index in [9.17, 15) is 9.59 Å². The number of hydrogen-bond acceptors (Lipinski definition) is 4. The van der Waals surface area contributed by atoms with E-state index in [0.29, 0.717) is 28.4 Å². The average molecular weight is 426 g/mol. The maximum Gasteiger partial charge on any atom is 0.262 e. The molecule has 160 valence electrons. The second-order valence-corrected chi connectivity index (χ2v) is 7.07. The fraction of sp³-hybridized carbons (Fsp3) is 0.0769. The molecule has 2 amide bonds. The summed E-state index contributed by atoms with van der Waals surface area (Å²) in [6.07, 6.45) is 0. The number of fused-ring (bicyclic) bond motifs is 1. The summed E-state index contributed by atoms with van der Waals surface area (Å²) in [5.41, 5.74) is 1.72.